The van der Waals surface area contributed by atoms with Gasteiger partial charge in [-0.25, -0.2) is 4.98 Å². The molecule has 1 N–H and O–H groups in total. The summed E-state index contributed by atoms with van der Waals surface area (Å²) in [5.41, 5.74) is 0.936. The lowest BCUT2D eigenvalue weighted by atomic mass is 10.1. The van der Waals surface area contributed by atoms with E-state index in [1.54, 1.807) is 6.92 Å². The number of hydrogen-bond donors (Lipinski definition) is 1. The van der Waals surface area contributed by atoms with Crippen LogP contribution in [0.4, 0.5) is 13.2 Å². The van der Waals surface area contributed by atoms with E-state index in [-0.39, 0.29) is 18.5 Å². The first-order chi connectivity index (χ1) is 8.82. The third-order valence-corrected chi connectivity index (χ3v) is 2.74. The Morgan fingerprint density at radius 3 is 2.63 bits per heavy atom. The number of fused-ring (bicyclic) bond motifs is 1. The molecule has 2 aromatic rings. The number of aromatic nitrogens is 2. The molecular formula is C12H11F3N2O2. The molecule has 0 aliphatic heterocycles. The molecule has 102 valence electrons. The Bertz CT molecular complexity index is 632. The van der Waals surface area contributed by atoms with Crippen LogP contribution in [0.15, 0.2) is 18.2 Å². The molecule has 1 aromatic carbocycles. The summed E-state index contributed by atoms with van der Waals surface area (Å²) in [5.74, 6) is -2.00. The third kappa shape index (κ3) is 2.54. The molecule has 0 saturated heterocycles. The number of carboxylic acids is 1. The van der Waals surface area contributed by atoms with Gasteiger partial charge in [-0.05, 0) is 24.6 Å². The summed E-state index contributed by atoms with van der Waals surface area (Å²) < 4.78 is 39.5. The fourth-order valence-corrected chi connectivity index (χ4v) is 2.00. The second kappa shape index (κ2) is 4.56. The van der Waals surface area contributed by atoms with Crippen LogP contribution in [0.3, 0.4) is 0 Å². The number of hydrogen-bond acceptors (Lipinski definition) is 2. The minimum absolute atomic E-state index is 0.142. The fraction of sp³-hybridized carbons (Fsp3) is 0.333. The molecule has 0 aliphatic carbocycles. The van der Waals surface area contributed by atoms with Gasteiger partial charge in [0.15, 0.2) is 0 Å². The average Bonchev–Trinajstić information content (AvgIpc) is 2.65. The van der Waals surface area contributed by atoms with Crippen LogP contribution in [0.2, 0.25) is 0 Å². The van der Waals surface area contributed by atoms with Gasteiger partial charge in [-0.1, -0.05) is 6.07 Å². The van der Waals surface area contributed by atoms with Gasteiger partial charge in [-0.15, -0.1) is 0 Å². The van der Waals surface area contributed by atoms with Crippen molar-refractivity contribution < 1.29 is 23.1 Å². The number of nitrogens with zero attached hydrogens (tertiary/aromatic N) is 2. The lowest BCUT2D eigenvalue weighted by Crippen LogP contribution is -2.14. The predicted molar refractivity (Wildman–Crippen MR) is 61.7 cm³/mol. The Balaban J connectivity index is 2.59. The molecule has 0 unspecified atom stereocenters. The number of aliphatic carboxylic acids is 1. The molecule has 0 radical (unpaired) electrons. The zero-order valence-corrected chi connectivity index (χ0v) is 10.0. The van der Waals surface area contributed by atoms with E-state index in [4.69, 9.17) is 5.11 Å². The zero-order chi connectivity index (χ0) is 14.2. The largest absolute Gasteiger partial charge is 0.481 e. The molecule has 0 atom stereocenters. The highest BCUT2D eigenvalue weighted by Gasteiger charge is 2.37. The van der Waals surface area contributed by atoms with Gasteiger partial charge in [-0.3, -0.25) is 4.79 Å². The summed E-state index contributed by atoms with van der Waals surface area (Å²) in [5, 5.41) is 8.67. The number of carboxylic acid groups (broad SMARTS) is 1. The van der Waals surface area contributed by atoms with E-state index in [0.29, 0.717) is 11.1 Å². The Morgan fingerprint density at radius 2 is 2.11 bits per heavy atom. The summed E-state index contributed by atoms with van der Waals surface area (Å²) in [6.07, 6.45) is -4.77. The standard InChI is InChI=1S/C12H11F3N2O2/c1-2-17-9-4-3-7(6-10(18)19)5-8(9)16-11(17)12(13,14)15/h3-5H,2,6H2,1H3,(H,18,19). The number of alkyl halides is 3. The molecule has 0 fully saturated rings. The van der Waals surface area contributed by atoms with E-state index in [1.807, 2.05) is 0 Å². The Kier molecular flexibility index (Phi) is 3.21. The van der Waals surface area contributed by atoms with Gasteiger partial charge in [0.25, 0.3) is 0 Å². The maximum atomic E-state index is 12.8. The van der Waals surface area contributed by atoms with Gasteiger partial charge in [0, 0.05) is 6.54 Å². The highest BCUT2D eigenvalue weighted by atomic mass is 19.4. The molecule has 0 aliphatic rings. The Morgan fingerprint density at radius 1 is 1.42 bits per heavy atom. The van der Waals surface area contributed by atoms with Gasteiger partial charge in [0.2, 0.25) is 5.82 Å². The molecular weight excluding hydrogens is 261 g/mol. The van der Waals surface area contributed by atoms with Crippen LogP contribution in [0.25, 0.3) is 11.0 Å². The van der Waals surface area contributed by atoms with Gasteiger partial charge >= 0.3 is 12.1 Å². The second-order valence-electron chi connectivity index (χ2n) is 4.07. The van der Waals surface area contributed by atoms with Crippen molar-refractivity contribution in [2.45, 2.75) is 26.1 Å². The first kappa shape index (κ1) is 13.4. The molecule has 0 bridgehead atoms. The summed E-state index contributed by atoms with van der Waals surface area (Å²) >= 11 is 0. The number of imidazole rings is 1. The zero-order valence-electron chi connectivity index (χ0n) is 10.0. The van der Waals surface area contributed by atoms with E-state index in [0.717, 1.165) is 4.57 Å². The van der Waals surface area contributed by atoms with E-state index in [1.165, 1.54) is 18.2 Å². The molecule has 1 heterocycles. The van der Waals surface area contributed by atoms with Crippen LogP contribution >= 0.6 is 0 Å². The van der Waals surface area contributed by atoms with E-state index < -0.39 is 18.0 Å². The minimum atomic E-state index is -4.53. The second-order valence-corrected chi connectivity index (χ2v) is 4.07. The summed E-state index contributed by atoms with van der Waals surface area (Å²) in [6.45, 7) is 1.74. The number of rotatable bonds is 3. The molecule has 7 heteroatoms. The highest BCUT2D eigenvalue weighted by molar-refractivity contribution is 5.79. The van der Waals surface area contributed by atoms with Crippen LogP contribution in [0.1, 0.15) is 18.3 Å². The van der Waals surface area contributed by atoms with Gasteiger partial charge in [-0.2, -0.15) is 13.2 Å². The fourth-order valence-electron chi connectivity index (χ4n) is 2.00. The number of halogens is 3. The van der Waals surface area contributed by atoms with E-state index in [9.17, 15) is 18.0 Å². The van der Waals surface area contributed by atoms with Crippen molar-refractivity contribution in [1.82, 2.24) is 9.55 Å². The number of aryl methyl sites for hydroxylation is 1. The van der Waals surface area contributed by atoms with Crippen LogP contribution < -0.4 is 0 Å². The molecule has 0 saturated carbocycles. The van der Waals surface area contributed by atoms with Crippen LogP contribution in [-0.4, -0.2) is 20.6 Å². The monoisotopic (exact) mass is 272 g/mol. The van der Waals surface area contributed by atoms with E-state index in [2.05, 4.69) is 4.98 Å². The summed E-state index contributed by atoms with van der Waals surface area (Å²) in [6, 6.07) is 4.36. The quantitative estimate of drug-likeness (QED) is 0.934. The normalized spacial score (nSPS) is 12.0. The summed E-state index contributed by atoms with van der Waals surface area (Å²) in [4.78, 5) is 14.2. The van der Waals surface area contributed by atoms with Gasteiger partial charge < -0.3 is 9.67 Å². The van der Waals surface area contributed by atoms with Gasteiger partial charge in [0.05, 0.1) is 17.5 Å². The van der Waals surface area contributed by atoms with Crippen molar-refractivity contribution in [2.24, 2.45) is 0 Å². The Hall–Kier alpha value is -2.05. The first-order valence-corrected chi connectivity index (χ1v) is 5.61. The maximum absolute atomic E-state index is 12.8. The van der Waals surface area contributed by atoms with Crippen molar-refractivity contribution in [1.29, 1.82) is 0 Å². The van der Waals surface area contributed by atoms with Crippen LogP contribution in [-0.2, 0) is 23.9 Å². The maximum Gasteiger partial charge on any atom is 0.449 e. The SMILES string of the molecule is CCn1c(C(F)(F)F)nc2cc(CC(=O)O)ccc21. The molecule has 1 aromatic heterocycles. The van der Waals surface area contributed by atoms with Crippen LogP contribution in [0, 0.1) is 0 Å². The molecule has 2 rings (SSSR count). The lowest BCUT2D eigenvalue weighted by Gasteiger charge is -2.08. The predicted octanol–water partition coefficient (Wildman–Crippen LogP) is 2.70. The van der Waals surface area contributed by atoms with Crippen molar-refractivity contribution in [3.63, 3.8) is 0 Å². The lowest BCUT2D eigenvalue weighted by molar-refractivity contribution is -0.146. The summed E-state index contributed by atoms with van der Waals surface area (Å²) in [7, 11) is 0. The molecule has 4 nitrogen and oxygen atoms in total. The highest BCUT2D eigenvalue weighted by Crippen LogP contribution is 2.31. The molecule has 0 amide bonds. The number of carbonyl (C=O) groups is 1. The van der Waals surface area contributed by atoms with Gasteiger partial charge in [0.1, 0.15) is 0 Å². The van der Waals surface area contributed by atoms with Crippen LogP contribution in [0.5, 0.6) is 0 Å². The smallest absolute Gasteiger partial charge is 0.449 e. The average molecular weight is 272 g/mol. The molecule has 0 spiro atoms. The third-order valence-electron chi connectivity index (χ3n) is 2.74. The van der Waals surface area contributed by atoms with Crippen molar-refractivity contribution in [3.05, 3.63) is 29.6 Å². The van der Waals surface area contributed by atoms with E-state index >= 15 is 0 Å². The molecule has 19 heavy (non-hydrogen) atoms. The van der Waals surface area contributed by atoms with Crippen molar-refractivity contribution in [3.8, 4) is 0 Å². The Labute approximate surface area is 106 Å². The first-order valence-electron chi connectivity index (χ1n) is 5.61. The minimum Gasteiger partial charge on any atom is -0.481 e. The van der Waals surface area contributed by atoms with Crippen molar-refractivity contribution >= 4 is 17.0 Å². The topological polar surface area (TPSA) is 55.1 Å². The van der Waals surface area contributed by atoms with Crippen molar-refractivity contribution in [2.75, 3.05) is 0 Å². The number of benzene rings is 1.